The van der Waals surface area contributed by atoms with Crippen LogP contribution < -0.4 is 10.1 Å². The molecule has 1 aliphatic heterocycles. The van der Waals surface area contributed by atoms with Crippen molar-refractivity contribution >= 4 is 0 Å². The fourth-order valence-electron chi connectivity index (χ4n) is 2.36. The van der Waals surface area contributed by atoms with Crippen LogP contribution in [0.3, 0.4) is 0 Å². The second-order valence-corrected chi connectivity index (χ2v) is 4.98. The largest absolute Gasteiger partial charge is 0.478 e. The number of halogens is 2. The Morgan fingerprint density at radius 3 is 2.86 bits per heavy atom. The zero-order valence-corrected chi connectivity index (χ0v) is 11.8. The molecule has 1 unspecified atom stereocenters. The second-order valence-electron chi connectivity index (χ2n) is 4.98. The molecule has 1 aliphatic rings. The smallest absolute Gasteiger partial charge is 0.168 e. The summed E-state index contributed by atoms with van der Waals surface area (Å²) in [5.41, 5.74) is 0.639. The van der Waals surface area contributed by atoms with Crippen molar-refractivity contribution in [2.75, 3.05) is 19.7 Å². The molecule has 1 aromatic carbocycles. The number of ether oxygens (including phenoxy) is 2. The molecule has 2 atom stereocenters. The summed E-state index contributed by atoms with van der Waals surface area (Å²) in [5.74, 6) is -1.41. The minimum Gasteiger partial charge on any atom is -0.478 e. The first kappa shape index (κ1) is 14.9. The van der Waals surface area contributed by atoms with E-state index in [1.54, 1.807) is 18.3 Å². The van der Waals surface area contributed by atoms with E-state index < -0.39 is 17.7 Å². The quantitative estimate of drug-likeness (QED) is 0.942. The maximum atomic E-state index is 13.9. The lowest BCUT2D eigenvalue weighted by atomic mass is 10.1. The zero-order chi connectivity index (χ0) is 15.4. The van der Waals surface area contributed by atoms with Crippen LogP contribution in [-0.4, -0.2) is 30.8 Å². The van der Waals surface area contributed by atoms with Crippen LogP contribution in [0.2, 0.25) is 0 Å². The van der Waals surface area contributed by atoms with E-state index in [-0.39, 0.29) is 11.9 Å². The molecular weight excluding hydrogens is 290 g/mol. The molecule has 1 saturated heterocycles. The van der Waals surface area contributed by atoms with Gasteiger partial charge in [0.1, 0.15) is 11.9 Å². The number of nitrogens with one attached hydrogen (secondary N) is 1. The predicted molar refractivity (Wildman–Crippen MR) is 76.6 cm³/mol. The average molecular weight is 306 g/mol. The van der Waals surface area contributed by atoms with Crippen molar-refractivity contribution in [3.63, 3.8) is 0 Å². The van der Waals surface area contributed by atoms with Crippen LogP contribution in [0.15, 0.2) is 42.6 Å². The average Bonchev–Trinajstić information content (AvgIpc) is 2.56. The van der Waals surface area contributed by atoms with Crippen LogP contribution in [-0.2, 0) is 4.74 Å². The SMILES string of the molecule is Fc1ccc(OC(c2ccccn2)[C@H]2CNCCO2)c(F)c1. The summed E-state index contributed by atoms with van der Waals surface area (Å²) < 4.78 is 38.3. The van der Waals surface area contributed by atoms with Crippen molar-refractivity contribution in [1.29, 1.82) is 0 Å². The van der Waals surface area contributed by atoms with E-state index in [0.717, 1.165) is 18.7 Å². The highest BCUT2D eigenvalue weighted by atomic mass is 19.1. The van der Waals surface area contributed by atoms with E-state index in [1.165, 1.54) is 6.07 Å². The summed E-state index contributed by atoms with van der Waals surface area (Å²) in [6, 6.07) is 8.65. The van der Waals surface area contributed by atoms with Gasteiger partial charge < -0.3 is 14.8 Å². The minimum absolute atomic E-state index is 0.0220. The van der Waals surface area contributed by atoms with E-state index in [9.17, 15) is 8.78 Å². The van der Waals surface area contributed by atoms with Gasteiger partial charge >= 0.3 is 0 Å². The van der Waals surface area contributed by atoms with Crippen LogP contribution in [0.1, 0.15) is 11.8 Å². The molecule has 0 spiro atoms. The van der Waals surface area contributed by atoms with Gasteiger partial charge in [-0.15, -0.1) is 0 Å². The van der Waals surface area contributed by atoms with Gasteiger partial charge in [-0.3, -0.25) is 4.98 Å². The van der Waals surface area contributed by atoms with Gasteiger partial charge in [0.2, 0.25) is 0 Å². The molecule has 1 fully saturated rings. The van der Waals surface area contributed by atoms with Crippen molar-refractivity contribution in [2.24, 2.45) is 0 Å². The van der Waals surface area contributed by atoms with Crippen LogP contribution in [0.5, 0.6) is 5.75 Å². The highest BCUT2D eigenvalue weighted by molar-refractivity contribution is 5.26. The summed E-state index contributed by atoms with van der Waals surface area (Å²) in [4.78, 5) is 4.27. The van der Waals surface area contributed by atoms with Gasteiger partial charge in [0.25, 0.3) is 0 Å². The molecule has 3 rings (SSSR count). The Kier molecular flexibility index (Phi) is 4.60. The maximum absolute atomic E-state index is 13.9. The van der Waals surface area contributed by atoms with Gasteiger partial charge in [0, 0.05) is 25.4 Å². The molecule has 1 N–H and O–H groups in total. The first-order valence-electron chi connectivity index (χ1n) is 7.09. The molecule has 0 saturated carbocycles. The highest BCUT2D eigenvalue weighted by Gasteiger charge is 2.29. The number of benzene rings is 1. The van der Waals surface area contributed by atoms with Gasteiger partial charge in [0.05, 0.1) is 12.3 Å². The molecular formula is C16H16F2N2O2. The molecule has 0 amide bonds. The molecule has 6 heteroatoms. The van der Waals surface area contributed by atoms with Crippen molar-refractivity contribution in [1.82, 2.24) is 10.3 Å². The Morgan fingerprint density at radius 2 is 2.18 bits per heavy atom. The Hall–Kier alpha value is -2.05. The third-order valence-electron chi connectivity index (χ3n) is 3.42. The van der Waals surface area contributed by atoms with Gasteiger partial charge in [-0.05, 0) is 24.3 Å². The topological polar surface area (TPSA) is 43.4 Å². The van der Waals surface area contributed by atoms with Crippen LogP contribution in [0.25, 0.3) is 0 Å². The lowest BCUT2D eigenvalue weighted by Crippen LogP contribution is -2.43. The van der Waals surface area contributed by atoms with E-state index in [0.29, 0.717) is 18.8 Å². The van der Waals surface area contributed by atoms with E-state index in [1.807, 2.05) is 6.07 Å². The first-order chi connectivity index (χ1) is 10.7. The molecule has 0 bridgehead atoms. The number of pyridine rings is 1. The van der Waals surface area contributed by atoms with Gasteiger partial charge in [-0.2, -0.15) is 0 Å². The van der Waals surface area contributed by atoms with E-state index in [4.69, 9.17) is 9.47 Å². The molecule has 4 nitrogen and oxygen atoms in total. The molecule has 22 heavy (non-hydrogen) atoms. The van der Waals surface area contributed by atoms with Gasteiger partial charge in [-0.1, -0.05) is 6.07 Å². The third kappa shape index (κ3) is 3.40. The van der Waals surface area contributed by atoms with Crippen LogP contribution in [0.4, 0.5) is 8.78 Å². The van der Waals surface area contributed by atoms with Gasteiger partial charge in [-0.25, -0.2) is 8.78 Å². The Balaban J connectivity index is 1.87. The first-order valence-corrected chi connectivity index (χ1v) is 7.09. The standard InChI is InChI=1S/C16H16F2N2O2/c17-11-4-5-14(12(18)9-11)22-16(13-3-1-2-6-20-13)15-10-19-7-8-21-15/h1-6,9,15-16,19H,7-8,10H2/t15-,16?/m1/s1. The summed E-state index contributed by atoms with van der Waals surface area (Å²) in [7, 11) is 0. The van der Waals surface area contributed by atoms with Crippen LogP contribution in [0, 0.1) is 11.6 Å². The summed E-state index contributed by atoms with van der Waals surface area (Å²) in [5, 5.41) is 3.21. The van der Waals surface area contributed by atoms with Crippen molar-refractivity contribution in [3.05, 3.63) is 59.9 Å². The molecule has 1 aromatic heterocycles. The minimum atomic E-state index is -0.746. The fraction of sp³-hybridized carbons (Fsp3) is 0.312. The zero-order valence-electron chi connectivity index (χ0n) is 11.8. The molecule has 116 valence electrons. The van der Waals surface area contributed by atoms with Crippen molar-refractivity contribution < 1.29 is 18.3 Å². The Morgan fingerprint density at radius 1 is 1.27 bits per heavy atom. The molecule has 0 radical (unpaired) electrons. The summed E-state index contributed by atoms with van der Waals surface area (Å²) >= 11 is 0. The maximum Gasteiger partial charge on any atom is 0.168 e. The fourth-order valence-corrected chi connectivity index (χ4v) is 2.36. The summed E-state index contributed by atoms with van der Waals surface area (Å²) in [6.45, 7) is 1.88. The molecule has 2 aromatic rings. The normalized spacial score (nSPS) is 19.6. The monoisotopic (exact) mass is 306 g/mol. The number of morpholine rings is 1. The molecule has 2 heterocycles. The van der Waals surface area contributed by atoms with Gasteiger partial charge in [0.15, 0.2) is 17.7 Å². The van der Waals surface area contributed by atoms with Crippen molar-refractivity contribution in [3.8, 4) is 5.75 Å². The third-order valence-corrected chi connectivity index (χ3v) is 3.42. The Bertz CT molecular complexity index is 619. The highest BCUT2D eigenvalue weighted by Crippen LogP contribution is 2.28. The Labute approximate surface area is 127 Å². The number of hydrogen-bond donors (Lipinski definition) is 1. The number of hydrogen-bond acceptors (Lipinski definition) is 4. The lowest BCUT2D eigenvalue weighted by Gasteiger charge is -2.31. The van der Waals surface area contributed by atoms with E-state index in [2.05, 4.69) is 10.3 Å². The lowest BCUT2D eigenvalue weighted by molar-refractivity contribution is -0.0457. The predicted octanol–water partition coefficient (Wildman–Crippen LogP) is 2.47. The number of aromatic nitrogens is 1. The van der Waals surface area contributed by atoms with Crippen molar-refractivity contribution in [2.45, 2.75) is 12.2 Å². The summed E-state index contributed by atoms with van der Waals surface area (Å²) in [6.07, 6.45) is 0.769. The number of nitrogens with zero attached hydrogens (tertiary/aromatic N) is 1. The van der Waals surface area contributed by atoms with E-state index >= 15 is 0 Å². The second kappa shape index (κ2) is 6.81. The number of rotatable bonds is 4. The van der Waals surface area contributed by atoms with Crippen LogP contribution >= 0.6 is 0 Å². The molecule has 0 aliphatic carbocycles.